The fraction of sp³-hybridized carbons (Fsp3) is 0.643. The summed E-state index contributed by atoms with van der Waals surface area (Å²) in [6.07, 6.45) is 2.63. The molecule has 1 N–H and O–H groups in total. The van der Waals surface area contributed by atoms with Crippen LogP contribution in [0.3, 0.4) is 0 Å². The predicted octanol–water partition coefficient (Wildman–Crippen LogP) is 1.89. The lowest BCUT2D eigenvalue weighted by molar-refractivity contribution is 0.0599. The summed E-state index contributed by atoms with van der Waals surface area (Å²) in [4.78, 5) is 11.4. The Bertz CT molecular complexity index is 423. The topological polar surface area (TPSA) is 60.7 Å². The van der Waals surface area contributed by atoms with Crippen molar-refractivity contribution in [2.75, 3.05) is 26.9 Å². The van der Waals surface area contributed by atoms with Gasteiger partial charge >= 0.3 is 5.97 Å². The maximum Gasteiger partial charge on any atom is 0.341 e. The summed E-state index contributed by atoms with van der Waals surface area (Å²) in [6, 6.07) is 1.72. The van der Waals surface area contributed by atoms with E-state index in [0.29, 0.717) is 24.5 Å². The summed E-state index contributed by atoms with van der Waals surface area (Å²) in [5, 5.41) is 3.22. The normalized spacial score (nSPS) is 14.6. The van der Waals surface area contributed by atoms with Gasteiger partial charge < -0.3 is 19.2 Å². The molecule has 0 aromatic carbocycles. The van der Waals surface area contributed by atoms with Gasteiger partial charge in [-0.1, -0.05) is 0 Å². The molecule has 0 atom stereocenters. The molecule has 0 saturated heterocycles. The molecule has 19 heavy (non-hydrogen) atoms. The molecule has 5 nitrogen and oxygen atoms in total. The minimum absolute atomic E-state index is 0.361. The summed E-state index contributed by atoms with van der Waals surface area (Å²) in [5.74, 6) is 1.77. The summed E-state index contributed by atoms with van der Waals surface area (Å²) >= 11 is 0. The molecular formula is C14H21NO4. The van der Waals surface area contributed by atoms with Gasteiger partial charge in [0.25, 0.3) is 0 Å². The Morgan fingerprint density at radius 3 is 3.00 bits per heavy atom. The molecule has 1 heterocycles. The smallest absolute Gasteiger partial charge is 0.341 e. The van der Waals surface area contributed by atoms with Crippen LogP contribution in [0.2, 0.25) is 0 Å². The lowest BCUT2D eigenvalue weighted by Gasteiger charge is -2.03. The molecule has 0 amide bonds. The third kappa shape index (κ3) is 4.36. The first-order valence-electron chi connectivity index (χ1n) is 6.66. The van der Waals surface area contributed by atoms with Crippen LogP contribution in [0.1, 0.15) is 34.7 Å². The van der Waals surface area contributed by atoms with Crippen LogP contribution >= 0.6 is 0 Å². The Morgan fingerprint density at radius 2 is 2.32 bits per heavy atom. The molecule has 1 aliphatic carbocycles. The van der Waals surface area contributed by atoms with E-state index in [4.69, 9.17) is 9.15 Å². The zero-order valence-electron chi connectivity index (χ0n) is 11.5. The van der Waals surface area contributed by atoms with Crippen molar-refractivity contribution in [2.24, 2.45) is 5.92 Å². The third-order valence-electron chi connectivity index (χ3n) is 3.15. The number of rotatable bonds is 8. The molecule has 1 aromatic heterocycles. The van der Waals surface area contributed by atoms with E-state index in [9.17, 15) is 4.79 Å². The monoisotopic (exact) mass is 267 g/mol. The molecule has 1 aliphatic rings. The van der Waals surface area contributed by atoms with Gasteiger partial charge in [0.05, 0.1) is 20.3 Å². The van der Waals surface area contributed by atoms with E-state index in [0.717, 1.165) is 24.8 Å². The molecule has 0 bridgehead atoms. The van der Waals surface area contributed by atoms with E-state index in [1.165, 1.54) is 20.0 Å². The first kappa shape index (κ1) is 14.1. The molecule has 106 valence electrons. The number of nitrogens with one attached hydrogen (secondary N) is 1. The van der Waals surface area contributed by atoms with E-state index < -0.39 is 0 Å². The van der Waals surface area contributed by atoms with E-state index in [1.54, 1.807) is 13.0 Å². The number of hydrogen-bond acceptors (Lipinski definition) is 5. The summed E-state index contributed by atoms with van der Waals surface area (Å²) < 4.78 is 15.7. The Balaban J connectivity index is 1.65. The van der Waals surface area contributed by atoms with Gasteiger partial charge in [-0.3, -0.25) is 0 Å². The van der Waals surface area contributed by atoms with Gasteiger partial charge in [-0.25, -0.2) is 4.79 Å². The molecule has 1 saturated carbocycles. The van der Waals surface area contributed by atoms with Crippen molar-refractivity contribution in [1.82, 2.24) is 5.32 Å². The molecule has 2 rings (SSSR count). The Labute approximate surface area is 113 Å². The maximum absolute atomic E-state index is 11.4. The van der Waals surface area contributed by atoms with Crippen molar-refractivity contribution in [3.63, 3.8) is 0 Å². The zero-order valence-corrected chi connectivity index (χ0v) is 11.5. The summed E-state index contributed by atoms with van der Waals surface area (Å²) in [7, 11) is 1.36. The van der Waals surface area contributed by atoms with Crippen molar-refractivity contribution in [3.05, 3.63) is 23.2 Å². The summed E-state index contributed by atoms with van der Waals surface area (Å²) in [6.45, 7) is 4.72. The van der Waals surface area contributed by atoms with E-state index in [2.05, 4.69) is 10.1 Å². The highest BCUT2D eigenvalue weighted by Crippen LogP contribution is 2.28. The number of ether oxygens (including phenoxy) is 2. The molecule has 1 aromatic rings. The van der Waals surface area contributed by atoms with Gasteiger partial charge in [0.2, 0.25) is 0 Å². The lowest BCUT2D eigenvalue weighted by atomic mass is 10.2. The summed E-state index contributed by atoms with van der Waals surface area (Å²) in [5.41, 5.74) is 0.490. The highest BCUT2D eigenvalue weighted by atomic mass is 16.5. The highest BCUT2D eigenvalue weighted by Gasteiger charge is 2.20. The van der Waals surface area contributed by atoms with Gasteiger partial charge in [-0.15, -0.1) is 0 Å². The van der Waals surface area contributed by atoms with Gasteiger partial charge in [0.1, 0.15) is 17.1 Å². The number of aryl methyl sites for hydroxylation is 1. The predicted molar refractivity (Wildman–Crippen MR) is 70.0 cm³/mol. The van der Waals surface area contributed by atoms with Crippen LogP contribution in [-0.4, -0.2) is 32.8 Å². The molecule has 5 heteroatoms. The fourth-order valence-electron chi connectivity index (χ4n) is 1.83. The molecule has 0 aliphatic heterocycles. The molecule has 0 radical (unpaired) electrons. The van der Waals surface area contributed by atoms with E-state index in [1.807, 2.05) is 0 Å². The SMILES string of the molecule is COC(=O)c1cc(CNCCOCC2CC2)oc1C. The first-order chi connectivity index (χ1) is 9.20. The number of esters is 1. The van der Waals surface area contributed by atoms with Crippen LogP contribution in [0.4, 0.5) is 0 Å². The first-order valence-corrected chi connectivity index (χ1v) is 6.66. The number of hydrogen-bond donors (Lipinski definition) is 1. The third-order valence-corrected chi connectivity index (χ3v) is 3.15. The van der Waals surface area contributed by atoms with Crippen LogP contribution in [0.25, 0.3) is 0 Å². The average Bonchev–Trinajstić information content (AvgIpc) is 3.15. The van der Waals surface area contributed by atoms with Crippen LogP contribution in [0.5, 0.6) is 0 Å². The number of methoxy groups -OCH3 is 1. The largest absolute Gasteiger partial charge is 0.465 e. The lowest BCUT2D eigenvalue weighted by Crippen LogP contribution is -2.19. The van der Waals surface area contributed by atoms with Crippen molar-refractivity contribution < 1.29 is 18.7 Å². The van der Waals surface area contributed by atoms with Crippen molar-refractivity contribution in [1.29, 1.82) is 0 Å². The Hall–Kier alpha value is -1.33. The Morgan fingerprint density at radius 1 is 1.53 bits per heavy atom. The molecule has 1 fully saturated rings. The number of carbonyl (C=O) groups excluding carboxylic acids is 1. The van der Waals surface area contributed by atoms with Crippen molar-refractivity contribution in [2.45, 2.75) is 26.3 Å². The van der Waals surface area contributed by atoms with Gasteiger partial charge in [-0.2, -0.15) is 0 Å². The van der Waals surface area contributed by atoms with Gasteiger partial charge in [0, 0.05) is 13.2 Å². The minimum Gasteiger partial charge on any atom is -0.465 e. The molecular weight excluding hydrogens is 246 g/mol. The van der Waals surface area contributed by atoms with E-state index in [-0.39, 0.29) is 5.97 Å². The van der Waals surface area contributed by atoms with Crippen LogP contribution in [0.15, 0.2) is 10.5 Å². The van der Waals surface area contributed by atoms with Crippen LogP contribution in [-0.2, 0) is 16.0 Å². The van der Waals surface area contributed by atoms with Crippen LogP contribution in [0, 0.1) is 12.8 Å². The van der Waals surface area contributed by atoms with Crippen LogP contribution < -0.4 is 5.32 Å². The second-order valence-corrected chi connectivity index (χ2v) is 4.87. The van der Waals surface area contributed by atoms with Gasteiger partial charge in [-0.05, 0) is 31.7 Å². The quantitative estimate of drug-likeness (QED) is 0.575. The second-order valence-electron chi connectivity index (χ2n) is 4.87. The number of carbonyl (C=O) groups is 1. The second kappa shape index (κ2) is 6.73. The molecule has 0 unspecified atom stereocenters. The zero-order chi connectivity index (χ0) is 13.7. The standard InChI is InChI=1S/C14H21NO4/c1-10-13(14(16)17-2)7-12(19-10)8-15-5-6-18-9-11-3-4-11/h7,11,15H,3-6,8-9H2,1-2H3. The van der Waals surface area contributed by atoms with E-state index >= 15 is 0 Å². The maximum atomic E-state index is 11.4. The van der Waals surface area contributed by atoms with Crippen molar-refractivity contribution in [3.8, 4) is 0 Å². The van der Waals surface area contributed by atoms with Crippen molar-refractivity contribution >= 4 is 5.97 Å². The average molecular weight is 267 g/mol. The fourth-order valence-corrected chi connectivity index (χ4v) is 1.83. The minimum atomic E-state index is -0.361. The molecule has 0 spiro atoms. The Kier molecular flexibility index (Phi) is 4.99. The highest BCUT2D eigenvalue weighted by molar-refractivity contribution is 5.90. The van der Waals surface area contributed by atoms with Gasteiger partial charge in [0.15, 0.2) is 0 Å². The number of furan rings is 1.